The highest BCUT2D eigenvalue weighted by atomic mass is 19.2. The Hall–Kier alpha value is -2.51. The van der Waals surface area contributed by atoms with Crippen molar-refractivity contribution in [1.82, 2.24) is 9.97 Å². The Morgan fingerprint density at radius 2 is 1.74 bits per heavy atom. The third-order valence-electron chi connectivity index (χ3n) is 2.30. The van der Waals surface area contributed by atoms with E-state index in [0.717, 1.165) is 12.1 Å². The van der Waals surface area contributed by atoms with Crippen LogP contribution in [0.2, 0.25) is 0 Å². The van der Waals surface area contributed by atoms with E-state index in [1.54, 1.807) is 7.05 Å². The van der Waals surface area contributed by atoms with Crippen molar-refractivity contribution in [2.75, 3.05) is 23.4 Å². The van der Waals surface area contributed by atoms with Crippen LogP contribution >= 0.6 is 0 Å². The Bertz CT molecular complexity index is 618. The number of benzene rings is 1. The van der Waals surface area contributed by atoms with Gasteiger partial charge in [0, 0.05) is 13.1 Å². The molecule has 0 atom stereocenters. The van der Waals surface area contributed by atoms with Gasteiger partial charge in [0.25, 0.3) is 0 Å². The van der Waals surface area contributed by atoms with E-state index in [1.165, 1.54) is 6.07 Å². The molecule has 100 valence electrons. The number of nitrogens with zero attached hydrogens (tertiary/aromatic N) is 2. The van der Waals surface area contributed by atoms with E-state index in [-0.39, 0.29) is 17.5 Å². The number of hydrogen-bond acceptors (Lipinski definition) is 5. The van der Waals surface area contributed by atoms with Crippen molar-refractivity contribution >= 4 is 23.3 Å². The molecule has 0 aliphatic carbocycles. The van der Waals surface area contributed by atoms with Crippen molar-refractivity contribution in [3.8, 4) is 0 Å². The van der Waals surface area contributed by atoms with Crippen LogP contribution in [0.4, 0.5) is 36.4 Å². The monoisotopic (exact) mass is 269 g/mol. The zero-order valence-corrected chi connectivity index (χ0v) is 9.84. The Morgan fingerprint density at radius 1 is 1.05 bits per heavy atom. The average Bonchev–Trinajstić information content (AvgIpc) is 2.39. The predicted octanol–water partition coefficient (Wildman–Crippen LogP) is 2.26. The van der Waals surface area contributed by atoms with E-state index >= 15 is 0 Å². The minimum absolute atomic E-state index is 0.0441. The molecule has 1 aromatic carbocycles. The number of halogens is 3. The van der Waals surface area contributed by atoms with Gasteiger partial charge < -0.3 is 16.4 Å². The standard InChI is InChI=1S/C11H10F3N5/c1-16-7-4-8(19-11(15)18-7)17-6-3-2-5(12)9(13)10(6)14/h2-4H,1H3,(H4,15,16,17,18,19). The molecule has 8 heteroatoms. The maximum Gasteiger partial charge on any atom is 0.223 e. The van der Waals surface area contributed by atoms with Crippen LogP contribution in [0.25, 0.3) is 0 Å². The summed E-state index contributed by atoms with van der Waals surface area (Å²) >= 11 is 0. The molecular formula is C11H10F3N5. The first-order valence-corrected chi connectivity index (χ1v) is 5.24. The second-order valence-electron chi connectivity index (χ2n) is 3.59. The van der Waals surface area contributed by atoms with E-state index in [1.807, 2.05) is 0 Å². The molecule has 0 aliphatic rings. The first kappa shape index (κ1) is 12.9. The van der Waals surface area contributed by atoms with E-state index in [2.05, 4.69) is 20.6 Å². The zero-order chi connectivity index (χ0) is 14.0. The van der Waals surface area contributed by atoms with Crippen molar-refractivity contribution in [3.05, 3.63) is 35.7 Å². The fourth-order valence-electron chi connectivity index (χ4n) is 1.42. The largest absolute Gasteiger partial charge is 0.373 e. The SMILES string of the molecule is CNc1cc(Nc2ccc(F)c(F)c2F)nc(N)n1. The smallest absolute Gasteiger partial charge is 0.223 e. The van der Waals surface area contributed by atoms with Crippen molar-refractivity contribution in [2.24, 2.45) is 0 Å². The van der Waals surface area contributed by atoms with Gasteiger partial charge in [-0.2, -0.15) is 9.97 Å². The zero-order valence-electron chi connectivity index (χ0n) is 9.84. The van der Waals surface area contributed by atoms with Gasteiger partial charge in [0.2, 0.25) is 5.95 Å². The number of rotatable bonds is 3. The van der Waals surface area contributed by atoms with Crippen LogP contribution in [0.15, 0.2) is 18.2 Å². The maximum absolute atomic E-state index is 13.5. The predicted molar refractivity (Wildman–Crippen MR) is 65.6 cm³/mol. The average molecular weight is 269 g/mol. The van der Waals surface area contributed by atoms with Gasteiger partial charge in [-0.1, -0.05) is 0 Å². The number of nitrogens with one attached hydrogen (secondary N) is 2. The third-order valence-corrected chi connectivity index (χ3v) is 2.30. The normalized spacial score (nSPS) is 10.3. The lowest BCUT2D eigenvalue weighted by molar-refractivity contribution is 0.449. The summed E-state index contributed by atoms with van der Waals surface area (Å²) in [5.74, 6) is -3.64. The summed E-state index contributed by atoms with van der Waals surface area (Å²) in [4.78, 5) is 7.64. The van der Waals surface area contributed by atoms with Gasteiger partial charge in [-0.05, 0) is 12.1 Å². The van der Waals surface area contributed by atoms with Gasteiger partial charge in [-0.3, -0.25) is 0 Å². The molecule has 5 nitrogen and oxygen atoms in total. The van der Waals surface area contributed by atoms with Crippen LogP contribution in [-0.4, -0.2) is 17.0 Å². The fraction of sp³-hybridized carbons (Fsp3) is 0.0909. The summed E-state index contributed by atoms with van der Waals surface area (Å²) in [5.41, 5.74) is 5.20. The van der Waals surface area contributed by atoms with Crippen LogP contribution in [0, 0.1) is 17.5 Å². The van der Waals surface area contributed by atoms with Gasteiger partial charge in [0.1, 0.15) is 11.6 Å². The molecular weight excluding hydrogens is 259 g/mol. The highest BCUT2D eigenvalue weighted by molar-refractivity contribution is 5.61. The van der Waals surface area contributed by atoms with E-state index < -0.39 is 17.5 Å². The Morgan fingerprint density at radius 3 is 2.42 bits per heavy atom. The topological polar surface area (TPSA) is 75.9 Å². The maximum atomic E-state index is 13.5. The molecule has 19 heavy (non-hydrogen) atoms. The minimum Gasteiger partial charge on any atom is -0.373 e. The van der Waals surface area contributed by atoms with Crippen molar-refractivity contribution in [1.29, 1.82) is 0 Å². The highest BCUT2D eigenvalue weighted by Crippen LogP contribution is 2.23. The lowest BCUT2D eigenvalue weighted by Crippen LogP contribution is -2.05. The fourth-order valence-corrected chi connectivity index (χ4v) is 1.42. The number of anilines is 4. The summed E-state index contributed by atoms with van der Waals surface area (Å²) < 4.78 is 39.3. The molecule has 0 amide bonds. The second-order valence-corrected chi connectivity index (χ2v) is 3.59. The molecule has 1 heterocycles. The molecule has 0 saturated carbocycles. The Kier molecular flexibility index (Phi) is 3.41. The number of hydrogen-bond donors (Lipinski definition) is 3. The highest BCUT2D eigenvalue weighted by Gasteiger charge is 2.14. The summed E-state index contributed by atoms with van der Waals surface area (Å²) in [5, 5.41) is 5.23. The van der Waals surface area contributed by atoms with Crippen molar-refractivity contribution in [2.45, 2.75) is 0 Å². The number of nitrogen functional groups attached to an aromatic ring is 1. The van der Waals surface area contributed by atoms with Gasteiger partial charge >= 0.3 is 0 Å². The van der Waals surface area contributed by atoms with Crippen LogP contribution < -0.4 is 16.4 Å². The lowest BCUT2D eigenvalue weighted by Gasteiger charge is -2.09. The molecule has 0 radical (unpaired) electrons. The molecule has 4 N–H and O–H groups in total. The van der Waals surface area contributed by atoms with Gasteiger partial charge in [0.15, 0.2) is 17.5 Å². The molecule has 0 saturated heterocycles. The summed E-state index contributed by atoms with van der Waals surface area (Å²) in [7, 11) is 1.61. The molecule has 0 spiro atoms. The molecule has 0 fully saturated rings. The number of aromatic nitrogens is 2. The molecule has 2 aromatic rings. The third kappa shape index (κ3) is 2.67. The van der Waals surface area contributed by atoms with Crippen LogP contribution in [0.1, 0.15) is 0 Å². The summed E-state index contributed by atoms with van der Waals surface area (Å²) in [6.45, 7) is 0. The molecule has 1 aromatic heterocycles. The minimum atomic E-state index is -1.55. The first-order chi connectivity index (χ1) is 9.01. The van der Waals surface area contributed by atoms with Gasteiger partial charge in [0.05, 0.1) is 5.69 Å². The Labute approximate surface area is 106 Å². The van der Waals surface area contributed by atoms with Gasteiger partial charge in [-0.15, -0.1) is 0 Å². The lowest BCUT2D eigenvalue weighted by atomic mass is 10.3. The van der Waals surface area contributed by atoms with Crippen LogP contribution in [-0.2, 0) is 0 Å². The quantitative estimate of drug-likeness (QED) is 0.745. The molecule has 2 rings (SSSR count). The molecule has 0 bridgehead atoms. The van der Waals surface area contributed by atoms with Gasteiger partial charge in [-0.25, -0.2) is 13.2 Å². The van der Waals surface area contributed by atoms with Crippen molar-refractivity contribution in [3.63, 3.8) is 0 Å². The molecule has 0 unspecified atom stereocenters. The number of nitrogens with two attached hydrogens (primary N) is 1. The van der Waals surface area contributed by atoms with E-state index in [4.69, 9.17) is 5.73 Å². The van der Waals surface area contributed by atoms with Crippen molar-refractivity contribution < 1.29 is 13.2 Å². The van der Waals surface area contributed by atoms with E-state index in [0.29, 0.717) is 5.82 Å². The first-order valence-electron chi connectivity index (χ1n) is 5.24. The second kappa shape index (κ2) is 5.01. The molecule has 0 aliphatic heterocycles. The Balaban J connectivity index is 2.36. The van der Waals surface area contributed by atoms with Crippen LogP contribution in [0.3, 0.4) is 0 Å². The van der Waals surface area contributed by atoms with E-state index in [9.17, 15) is 13.2 Å². The summed E-state index contributed by atoms with van der Waals surface area (Å²) in [6, 6.07) is 3.31. The van der Waals surface area contributed by atoms with Crippen LogP contribution in [0.5, 0.6) is 0 Å². The summed E-state index contributed by atoms with van der Waals surface area (Å²) in [6.07, 6.45) is 0.